The lowest BCUT2D eigenvalue weighted by atomic mass is 9.92. The Labute approximate surface area is 130 Å². The highest BCUT2D eigenvalue weighted by atomic mass is 35.5. The molecule has 3 atom stereocenters. The molecule has 21 heavy (non-hydrogen) atoms. The van der Waals surface area contributed by atoms with Crippen molar-refractivity contribution < 1.29 is 9.90 Å². The molecule has 2 fully saturated rings. The van der Waals surface area contributed by atoms with Gasteiger partial charge in [0.25, 0.3) is 0 Å². The molecule has 2 aliphatic rings. The Hall–Kier alpha value is -1.22. The number of phenols is 1. The zero-order chi connectivity index (χ0) is 14.8. The molecule has 114 valence electrons. The van der Waals surface area contributed by atoms with Crippen LogP contribution in [-0.4, -0.2) is 17.6 Å². The number of hydrogen-bond donors (Lipinski definition) is 2. The number of amides is 1. The molecule has 4 heteroatoms. The smallest absolute Gasteiger partial charge is 0.224 e. The summed E-state index contributed by atoms with van der Waals surface area (Å²) in [6, 6.07) is 4.92. The van der Waals surface area contributed by atoms with E-state index in [0.29, 0.717) is 17.4 Å². The van der Waals surface area contributed by atoms with Crippen molar-refractivity contribution in [3.8, 4) is 5.75 Å². The number of carbonyl (C=O) groups excluding carboxylic acids is 1. The second kappa shape index (κ2) is 6.27. The van der Waals surface area contributed by atoms with E-state index in [1.54, 1.807) is 12.1 Å². The van der Waals surface area contributed by atoms with Gasteiger partial charge >= 0.3 is 0 Å². The topological polar surface area (TPSA) is 49.3 Å². The molecule has 3 rings (SSSR count). The molecule has 0 saturated heterocycles. The molecule has 0 unspecified atom stereocenters. The largest absolute Gasteiger partial charge is 0.506 e. The van der Waals surface area contributed by atoms with Crippen LogP contribution in [0.15, 0.2) is 18.2 Å². The Morgan fingerprint density at radius 1 is 1.29 bits per heavy atom. The predicted molar refractivity (Wildman–Crippen MR) is 83.4 cm³/mol. The zero-order valence-corrected chi connectivity index (χ0v) is 12.9. The zero-order valence-electron chi connectivity index (χ0n) is 12.1. The summed E-state index contributed by atoms with van der Waals surface area (Å²) in [5, 5.41) is 12.8. The van der Waals surface area contributed by atoms with Gasteiger partial charge in [-0.25, -0.2) is 0 Å². The van der Waals surface area contributed by atoms with E-state index in [9.17, 15) is 9.90 Å². The number of nitrogens with one attached hydrogen (secondary N) is 1. The van der Waals surface area contributed by atoms with Gasteiger partial charge in [0.2, 0.25) is 5.91 Å². The minimum absolute atomic E-state index is 0.0400. The van der Waals surface area contributed by atoms with Gasteiger partial charge in [0.15, 0.2) is 0 Å². The van der Waals surface area contributed by atoms with Gasteiger partial charge in [0.1, 0.15) is 5.75 Å². The molecule has 0 heterocycles. The van der Waals surface area contributed by atoms with Gasteiger partial charge in [-0.3, -0.25) is 4.79 Å². The van der Waals surface area contributed by atoms with Crippen LogP contribution in [0, 0.1) is 17.8 Å². The molecule has 3 nitrogen and oxygen atoms in total. The fourth-order valence-electron chi connectivity index (χ4n) is 4.09. The van der Waals surface area contributed by atoms with Crippen LogP contribution in [0.5, 0.6) is 5.75 Å². The molecule has 0 radical (unpaired) electrons. The van der Waals surface area contributed by atoms with Crippen LogP contribution in [0.25, 0.3) is 0 Å². The Bertz CT molecular complexity index is 532. The quantitative estimate of drug-likeness (QED) is 0.894. The third kappa shape index (κ3) is 3.34. The highest BCUT2D eigenvalue weighted by Crippen LogP contribution is 2.47. The molecule has 0 aromatic heterocycles. The van der Waals surface area contributed by atoms with E-state index in [-0.39, 0.29) is 11.7 Å². The summed E-state index contributed by atoms with van der Waals surface area (Å²) in [6.07, 6.45) is 7.03. The molecule has 1 aromatic carbocycles. The summed E-state index contributed by atoms with van der Waals surface area (Å²) in [5.41, 5.74) is 0.834. The first-order valence-electron chi connectivity index (χ1n) is 7.87. The Morgan fingerprint density at radius 2 is 2.14 bits per heavy atom. The molecule has 0 aliphatic heterocycles. The van der Waals surface area contributed by atoms with E-state index < -0.39 is 0 Å². The van der Waals surface area contributed by atoms with E-state index in [1.807, 2.05) is 0 Å². The van der Waals surface area contributed by atoms with Crippen molar-refractivity contribution in [1.82, 2.24) is 5.32 Å². The van der Waals surface area contributed by atoms with Gasteiger partial charge in [-0.15, -0.1) is 0 Å². The number of phenolic OH excluding ortho intramolecular Hbond substituents is 1. The van der Waals surface area contributed by atoms with Crippen LogP contribution < -0.4 is 5.32 Å². The average molecular weight is 308 g/mol. The lowest BCUT2D eigenvalue weighted by molar-refractivity contribution is -0.120. The van der Waals surface area contributed by atoms with Crippen LogP contribution in [0.3, 0.4) is 0 Å². The monoisotopic (exact) mass is 307 g/mol. The number of fused-ring (bicyclic) bond motifs is 1. The maximum Gasteiger partial charge on any atom is 0.224 e. The van der Waals surface area contributed by atoms with Crippen molar-refractivity contribution >= 4 is 17.5 Å². The SMILES string of the molecule is O=C(Cc1ccc(O)c(Cl)c1)NC[C@H]1CC[C@@H]2CCC[C@@H]21. The summed E-state index contributed by atoms with van der Waals surface area (Å²) in [6.45, 7) is 0.811. The molecule has 1 aromatic rings. The second-order valence-electron chi connectivity index (χ2n) is 6.46. The van der Waals surface area contributed by atoms with E-state index in [0.717, 1.165) is 23.9 Å². The molecular weight excluding hydrogens is 286 g/mol. The van der Waals surface area contributed by atoms with Gasteiger partial charge in [0.05, 0.1) is 11.4 Å². The minimum Gasteiger partial charge on any atom is -0.506 e. The molecule has 1 amide bonds. The number of benzene rings is 1. The van der Waals surface area contributed by atoms with Crippen molar-refractivity contribution in [2.45, 2.75) is 38.5 Å². The van der Waals surface area contributed by atoms with Crippen LogP contribution >= 0.6 is 11.6 Å². The first kappa shape index (κ1) is 14.7. The lowest BCUT2D eigenvalue weighted by Crippen LogP contribution is -2.32. The molecular formula is C17H22ClNO2. The second-order valence-corrected chi connectivity index (χ2v) is 6.87. The van der Waals surface area contributed by atoms with Gasteiger partial charge in [0, 0.05) is 6.54 Å². The van der Waals surface area contributed by atoms with Crippen molar-refractivity contribution in [3.05, 3.63) is 28.8 Å². The van der Waals surface area contributed by atoms with E-state index >= 15 is 0 Å². The average Bonchev–Trinajstić information content (AvgIpc) is 3.04. The summed E-state index contributed by atoms with van der Waals surface area (Å²) in [7, 11) is 0. The van der Waals surface area contributed by atoms with Crippen LogP contribution in [0.1, 0.15) is 37.7 Å². The third-order valence-corrected chi connectivity index (χ3v) is 5.47. The normalized spacial score (nSPS) is 27.6. The van der Waals surface area contributed by atoms with Crippen LogP contribution in [0.4, 0.5) is 0 Å². The lowest BCUT2D eigenvalue weighted by Gasteiger charge is -2.19. The van der Waals surface area contributed by atoms with Crippen molar-refractivity contribution in [2.75, 3.05) is 6.54 Å². The predicted octanol–water partition coefficient (Wildman–Crippen LogP) is 3.53. The molecule has 2 aliphatic carbocycles. The van der Waals surface area contributed by atoms with Crippen LogP contribution in [-0.2, 0) is 11.2 Å². The van der Waals surface area contributed by atoms with Gasteiger partial charge in [-0.05, 0) is 54.7 Å². The Kier molecular flexibility index (Phi) is 4.39. The third-order valence-electron chi connectivity index (χ3n) is 5.17. The molecule has 0 bridgehead atoms. The van der Waals surface area contributed by atoms with Crippen molar-refractivity contribution in [1.29, 1.82) is 0 Å². The number of carbonyl (C=O) groups is 1. The van der Waals surface area contributed by atoms with Crippen molar-refractivity contribution in [3.63, 3.8) is 0 Å². The van der Waals surface area contributed by atoms with Crippen molar-refractivity contribution in [2.24, 2.45) is 17.8 Å². The first-order valence-corrected chi connectivity index (χ1v) is 8.25. The Morgan fingerprint density at radius 3 is 2.95 bits per heavy atom. The van der Waals surface area contributed by atoms with Gasteiger partial charge in [-0.1, -0.05) is 30.5 Å². The highest BCUT2D eigenvalue weighted by molar-refractivity contribution is 6.32. The number of aromatic hydroxyl groups is 1. The minimum atomic E-state index is 0.0400. The summed E-state index contributed by atoms with van der Waals surface area (Å²) in [4.78, 5) is 12.0. The van der Waals surface area contributed by atoms with E-state index in [2.05, 4.69) is 5.32 Å². The van der Waals surface area contributed by atoms with E-state index in [1.165, 1.54) is 38.2 Å². The van der Waals surface area contributed by atoms with Crippen LogP contribution in [0.2, 0.25) is 5.02 Å². The summed E-state index contributed by atoms with van der Waals surface area (Å²) in [5.74, 6) is 2.53. The number of rotatable bonds is 4. The standard InChI is InChI=1S/C17H22ClNO2/c18-15-8-11(4-7-16(15)20)9-17(21)19-10-13-6-5-12-2-1-3-14(12)13/h4,7-8,12-14,20H,1-3,5-6,9-10H2,(H,19,21)/t12-,13+,14-/m0/s1. The molecule has 2 saturated carbocycles. The fraction of sp³-hybridized carbons (Fsp3) is 0.588. The van der Waals surface area contributed by atoms with Gasteiger partial charge in [-0.2, -0.15) is 0 Å². The maximum atomic E-state index is 12.0. The molecule has 2 N–H and O–H groups in total. The molecule has 0 spiro atoms. The summed E-state index contributed by atoms with van der Waals surface area (Å²) < 4.78 is 0. The van der Waals surface area contributed by atoms with E-state index in [4.69, 9.17) is 11.6 Å². The first-order chi connectivity index (χ1) is 10.1. The Balaban J connectivity index is 1.49. The number of halogens is 1. The summed E-state index contributed by atoms with van der Waals surface area (Å²) >= 11 is 5.86. The highest BCUT2D eigenvalue weighted by Gasteiger charge is 2.38. The maximum absolute atomic E-state index is 12.0. The van der Waals surface area contributed by atoms with Gasteiger partial charge < -0.3 is 10.4 Å². The number of hydrogen-bond acceptors (Lipinski definition) is 2. The fourth-order valence-corrected chi connectivity index (χ4v) is 4.30.